The molecule has 2 aromatic carbocycles. The zero-order chi connectivity index (χ0) is 14.2. The van der Waals surface area contributed by atoms with E-state index in [4.69, 9.17) is 0 Å². The number of halogens is 1. The zero-order valence-electron chi connectivity index (χ0n) is 10.7. The lowest BCUT2D eigenvalue weighted by Gasteiger charge is -2.07. The number of hydrogen-bond donors (Lipinski definition) is 1. The minimum Gasteiger partial charge on any atom is -0.207 e. The van der Waals surface area contributed by atoms with Gasteiger partial charge in [0.25, 0.3) is 0 Å². The van der Waals surface area contributed by atoms with Crippen molar-refractivity contribution in [1.29, 1.82) is 0 Å². The van der Waals surface area contributed by atoms with Crippen LogP contribution in [0.3, 0.4) is 0 Å². The largest absolute Gasteiger partial charge is 0.240 e. The van der Waals surface area contributed by atoms with Gasteiger partial charge in [0, 0.05) is 16.4 Å². The average molecular weight is 352 g/mol. The zero-order valence-corrected chi connectivity index (χ0v) is 13.1. The number of hydrogen-bond acceptors (Lipinski definition) is 2. The molecule has 3 nitrogen and oxygen atoms in total. The fourth-order valence-corrected chi connectivity index (χ4v) is 4.18. The van der Waals surface area contributed by atoms with Gasteiger partial charge in [-0.3, -0.25) is 0 Å². The molecule has 104 valence electrons. The first-order valence-corrected chi connectivity index (χ1v) is 8.67. The average Bonchev–Trinajstić information content (AvgIpc) is 3.18. The van der Waals surface area contributed by atoms with E-state index in [0.29, 0.717) is 4.90 Å². The van der Waals surface area contributed by atoms with Crippen LogP contribution in [0.4, 0.5) is 0 Å². The van der Waals surface area contributed by atoms with Crippen LogP contribution in [0, 0.1) is 0 Å². The monoisotopic (exact) mass is 351 g/mol. The van der Waals surface area contributed by atoms with Gasteiger partial charge in [-0.05, 0) is 30.2 Å². The van der Waals surface area contributed by atoms with Crippen LogP contribution in [0.15, 0.2) is 64.0 Å². The lowest BCUT2D eigenvalue weighted by molar-refractivity contribution is 0.580. The number of nitrogens with one attached hydrogen (secondary N) is 1. The van der Waals surface area contributed by atoms with Crippen molar-refractivity contribution in [2.75, 3.05) is 0 Å². The van der Waals surface area contributed by atoms with Crippen molar-refractivity contribution in [1.82, 2.24) is 4.72 Å². The first-order chi connectivity index (χ1) is 9.56. The van der Waals surface area contributed by atoms with Gasteiger partial charge in [0.15, 0.2) is 0 Å². The van der Waals surface area contributed by atoms with Crippen LogP contribution in [0.2, 0.25) is 0 Å². The lowest BCUT2D eigenvalue weighted by atomic mass is 10.1. The van der Waals surface area contributed by atoms with Gasteiger partial charge in [-0.2, -0.15) is 0 Å². The number of sulfonamides is 1. The highest BCUT2D eigenvalue weighted by Gasteiger charge is 2.41. The molecule has 1 aliphatic rings. The second-order valence-electron chi connectivity index (χ2n) is 4.94. The lowest BCUT2D eigenvalue weighted by Crippen LogP contribution is -2.26. The summed E-state index contributed by atoms with van der Waals surface area (Å²) in [5.41, 5.74) is 1.19. The van der Waals surface area contributed by atoms with Crippen molar-refractivity contribution in [3.8, 4) is 0 Å². The Hall–Kier alpha value is -1.17. The van der Waals surface area contributed by atoms with Gasteiger partial charge in [-0.15, -0.1) is 0 Å². The summed E-state index contributed by atoms with van der Waals surface area (Å²) in [6.07, 6.45) is 0.858. The van der Waals surface area contributed by atoms with Crippen LogP contribution >= 0.6 is 15.9 Å². The summed E-state index contributed by atoms with van der Waals surface area (Å²) in [6.45, 7) is 0. The molecule has 0 aliphatic heterocycles. The molecule has 2 atom stereocenters. The van der Waals surface area contributed by atoms with Crippen molar-refractivity contribution >= 4 is 26.0 Å². The van der Waals surface area contributed by atoms with Gasteiger partial charge >= 0.3 is 0 Å². The molecule has 0 bridgehead atoms. The van der Waals surface area contributed by atoms with E-state index in [1.165, 1.54) is 5.56 Å². The van der Waals surface area contributed by atoms with Crippen LogP contribution in [-0.2, 0) is 10.0 Å². The maximum absolute atomic E-state index is 12.3. The van der Waals surface area contributed by atoms with E-state index in [0.717, 1.165) is 10.9 Å². The highest BCUT2D eigenvalue weighted by Crippen LogP contribution is 2.41. The summed E-state index contributed by atoms with van der Waals surface area (Å²) in [5.74, 6) is 0.290. The molecular weight excluding hydrogens is 338 g/mol. The van der Waals surface area contributed by atoms with E-state index >= 15 is 0 Å². The quantitative estimate of drug-likeness (QED) is 0.918. The van der Waals surface area contributed by atoms with Crippen LogP contribution < -0.4 is 4.72 Å². The normalized spacial score (nSPS) is 21.6. The molecule has 1 aliphatic carbocycles. The molecule has 2 aromatic rings. The van der Waals surface area contributed by atoms with Crippen molar-refractivity contribution < 1.29 is 8.42 Å². The molecule has 0 saturated heterocycles. The molecule has 1 fully saturated rings. The smallest absolute Gasteiger partial charge is 0.207 e. The summed E-state index contributed by atoms with van der Waals surface area (Å²) in [4.78, 5) is 0.297. The predicted molar refractivity (Wildman–Crippen MR) is 82.1 cm³/mol. The minimum atomic E-state index is -3.44. The summed E-state index contributed by atoms with van der Waals surface area (Å²) in [5, 5.41) is 0. The molecule has 3 rings (SSSR count). The van der Waals surface area contributed by atoms with E-state index in [-0.39, 0.29) is 12.0 Å². The fourth-order valence-electron chi connectivity index (χ4n) is 2.30. The van der Waals surface area contributed by atoms with Crippen molar-refractivity contribution in [3.63, 3.8) is 0 Å². The number of benzene rings is 2. The second-order valence-corrected chi connectivity index (χ2v) is 7.57. The van der Waals surface area contributed by atoms with Crippen molar-refractivity contribution in [3.05, 3.63) is 64.6 Å². The molecule has 0 amide bonds. The van der Waals surface area contributed by atoms with E-state index < -0.39 is 10.0 Å². The number of rotatable bonds is 4. The predicted octanol–water partition coefficient (Wildman–Crippen LogP) is 3.28. The summed E-state index contributed by atoms with van der Waals surface area (Å²) in [7, 11) is -3.44. The van der Waals surface area contributed by atoms with Gasteiger partial charge in [0.2, 0.25) is 10.0 Å². The first-order valence-electron chi connectivity index (χ1n) is 6.39. The summed E-state index contributed by atoms with van der Waals surface area (Å²) in [6, 6.07) is 16.8. The Labute approximate surface area is 127 Å². The van der Waals surface area contributed by atoms with Crippen LogP contribution in [0.5, 0.6) is 0 Å². The maximum atomic E-state index is 12.3. The maximum Gasteiger partial charge on any atom is 0.240 e. The molecule has 1 saturated carbocycles. The molecular formula is C15H14BrNO2S. The van der Waals surface area contributed by atoms with Gasteiger partial charge in [-0.25, -0.2) is 13.1 Å². The third kappa shape index (κ3) is 2.95. The van der Waals surface area contributed by atoms with Crippen LogP contribution in [-0.4, -0.2) is 14.5 Å². The van der Waals surface area contributed by atoms with Gasteiger partial charge in [0.1, 0.15) is 0 Å². The molecule has 20 heavy (non-hydrogen) atoms. The second kappa shape index (κ2) is 5.31. The Bertz CT molecular complexity index is 716. The van der Waals surface area contributed by atoms with E-state index in [1.54, 1.807) is 18.2 Å². The third-order valence-electron chi connectivity index (χ3n) is 3.43. The highest BCUT2D eigenvalue weighted by molar-refractivity contribution is 9.10. The Morgan fingerprint density at radius 3 is 2.50 bits per heavy atom. The topological polar surface area (TPSA) is 46.2 Å². The Kier molecular flexibility index (Phi) is 3.67. The summed E-state index contributed by atoms with van der Waals surface area (Å²) < 4.78 is 28.1. The summed E-state index contributed by atoms with van der Waals surface area (Å²) >= 11 is 3.29. The van der Waals surface area contributed by atoms with E-state index in [1.807, 2.05) is 36.4 Å². The third-order valence-corrected chi connectivity index (χ3v) is 5.41. The Morgan fingerprint density at radius 2 is 1.80 bits per heavy atom. The molecule has 0 aromatic heterocycles. The first kappa shape index (κ1) is 13.8. The van der Waals surface area contributed by atoms with Gasteiger partial charge in [-0.1, -0.05) is 52.3 Å². The van der Waals surface area contributed by atoms with Crippen LogP contribution in [0.25, 0.3) is 0 Å². The van der Waals surface area contributed by atoms with Gasteiger partial charge in [0.05, 0.1) is 4.90 Å². The van der Waals surface area contributed by atoms with E-state index in [9.17, 15) is 8.42 Å². The molecule has 5 heteroatoms. The highest BCUT2D eigenvalue weighted by atomic mass is 79.9. The minimum absolute atomic E-state index is 0.00128. The Balaban J connectivity index is 1.73. The van der Waals surface area contributed by atoms with Crippen molar-refractivity contribution in [2.45, 2.75) is 23.3 Å². The van der Waals surface area contributed by atoms with Gasteiger partial charge < -0.3 is 0 Å². The fraction of sp³-hybridized carbons (Fsp3) is 0.200. The SMILES string of the molecule is O=S(=O)(NC1CC1c1ccccc1)c1cccc(Br)c1. The molecule has 1 N–H and O–H groups in total. The molecule has 0 radical (unpaired) electrons. The molecule has 0 heterocycles. The Morgan fingerprint density at radius 1 is 1.05 bits per heavy atom. The molecule has 2 unspecified atom stereocenters. The molecule has 0 spiro atoms. The van der Waals surface area contributed by atoms with Crippen molar-refractivity contribution in [2.24, 2.45) is 0 Å². The standard InChI is InChI=1S/C15H14BrNO2S/c16-12-7-4-8-13(9-12)20(18,19)17-15-10-14(15)11-5-2-1-3-6-11/h1-9,14-15,17H,10H2. The van der Waals surface area contributed by atoms with Crippen LogP contribution in [0.1, 0.15) is 17.9 Å². The van der Waals surface area contributed by atoms with E-state index in [2.05, 4.69) is 20.7 Å².